The highest BCUT2D eigenvalue weighted by atomic mass is 35.5. The number of hydrogen-bond donors (Lipinski definition) is 0. The fourth-order valence-corrected chi connectivity index (χ4v) is 0.977. The maximum absolute atomic E-state index is 12.8. The Kier molecular flexibility index (Phi) is 3.65. The van der Waals surface area contributed by atoms with Crippen LogP contribution in [0.15, 0.2) is 24.3 Å². The lowest BCUT2D eigenvalue weighted by Crippen LogP contribution is -1.78. The normalized spacial score (nSPS) is 10.6. The van der Waals surface area contributed by atoms with E-state index in [1.165, 1.54) is 12.1 Å². The van der Waals surface area contributed by atoms with Crippen molar-refractivity contribution in [3.05, 3.63) is 40.7 Å². The van der Waals surface area contributed by atoms with Crippen LogP contribution in [0.2, 0.25) is 5.02 Å². The molecule has 1 radical (unpaired) electrons. The molecule has 0 saturated carbocycles. The number of benzene rings is 1. The average Bonchev–Trinajstić information content (AvgIpc) is 2.12. The van der Waals surface area contributed by atoms with E-state index in [1.54, 1.807) is 24.5 Å². The third-order valence-corrected chi connectivity index (χ3v) is 1.76. The van der Waals surface area contributed by atoms with Crippen molar-refractivity contribution in [1.29, 1.82) is 0 Å². The van der Waals surface area contributed by atoms with Gasteiger partial charge in [0.25, 0.3) is 0 Å². The van der Waals surface area contributed by atoms with E-state index in [4.69, 9.17) is 11.6 Å². The average molecular weight is 198 g/mol. The summed E-state index contributed by atoms with van der Waals surface area (Å²) in [6, 6.07) is 4.46. The van der Waals surface area contributed by atoms with Crippen molar-refractivity contribution < 1.29 is 9.18 Å². The first kappa shape index (κ1) is 9.93. The molecule has 1 rings (SSSR count). The fraction of sp³-hybridized carbons (Fsp3) is 0.100. The Morgan fingerprint density at radius 3 is 2.92 bits per heavy atom. The van der Waals surface area contributed by atoms with Crippen LogP contribution in [0.5, 0.6) is 0 Å². The lowest BCUT2D eigenvalue weighted by atomic mass is 10.2. The molecule has 0 fully saturated rings. The van der Waals surface area contributed by atoms with E-state index in [1.807, 2.05) is 0 Å². The Morgan fingerprint density at radius 1 is 1.54 bits per heavy atom. The summed E-state index contributed by atoms with van der Waals surface area (Å²) < 4.78 is 12.8. The van der Waals surface area contributed by atoms with E-state index >= 15 is 0 Å². The molecule has 0 aromatic heterocycles. The molecule has 1 aromatic rings. The molecule has 1 aromatic carbocycles. The van der Waals surface area contributed by atoms with Gasteiger partial charge in [-0.15, -0.1) is 0 Å². The van der Waals surface area contributed by atoms with Crippen LogP contribution in [-0.4, -0.2) is 6.29 Å². The van der Waals surface area contributed by atoms with Crippen LogP contribution in [0.4, 0.5) is 4.39 Å². The van der Waals surface area contributed by atoms with E-state index in [-0.39, 0.29) is 11.4 Å². The monoisotopic (exact) mass is 197 g/mol. The van der Waals surface area contributed by atoms with Crippen molar-refractivity contribution in [2.45, 2.75) is 6.42 Å². The third-order valence-electron chi connectivity index (χ3n) is 1.46. The lowest BCUT2D eigenvalue weighted by Gasteiger charge is -1.95. The van der Waals surface area contributed by atoms with Gasteiger partial charge < -0.3 is 0 Å². The Hall–Kier alpha value is -1.15. The third kappa shape index (κ3) is 2.99. The first-order valence-electron chi connectivity index (χ1n) is 3.70. The number of halogens is 2. The smallest absolute Gasteiger partial charge is 0.202 e. The summed E-state index contributed by atoms with van der Waals surface area (Å²) in [5.74, 6) is -0.459. The molecule has 0 aliphatic rings. The van der Waals surface area contributed by atoms with Gasteiger partial charge in [-0.3, -0.25) is 4.79 Å². The molecule has 0 heterocycles. The highest BCUT2D eigenvalue weighted by Crippen LogP contribution is 2.16. The number of hydrogen-bond acceptors (Lipinski definition) is 1. The van der Waals surface area contributed by atoms with Crippen molar-refractivity contribution in [1.82, 2.24) is 0 Å². The van der Waals surface area contributed by atoms with E-state index in [9.17, 15) is 9.18 Å². The van der Waals surface area contributed by atoms with E-state index in [2.05, 4.69) is 0 Å². The molecule has 0 amide bonds. The summed E-state index contributed by atoms with van der Waals surface area (Å²) in [5, 5.41) is 0.0964. The van der Waals surface area contributed by atoms with Crippen LogP contribution in [0.1, 0.15) is 12.0 Å². The van der Waals surface area contributed by atoms with Crippen LogP contribution in [0, 0.1) is 5.82 Å². The molecule has 67 valence electrons. The van der Waals surface area contributed by atoms with E-state index in [0.717, 1.165) is 0 Å². The highest BCUT2D eigenvalue weighted by molar-refractivity contribution is 6.30. The van der Waals surface area contributed by atoms with Gasteiger partial charge in [0.2, 0.25) is 6.29 Å². The molecular weight excluding hydrogens is 191 g/mol. The van der Waals surface area contributed by atoms with E-state index in [0.29, 0.717) is 5.56 Å². The zero-order valence-corrected chi connectivity index (χ0v) is 7.51. The predicted octanol–water partition coefficient (Wildman–Crippen LogP) is 2.99. The maximum Gasteiger partial charge on any atom is 0.202 e. The maximum atomic E-state index is 12.8. The van der Waals surface area contributed by atoms with Crippen LogP contribution in [-0.2, 0) is 4.79 Å². The molecule has 13 heavy (non-hydrogen) atoms. The van der Waals surface area contributed by atoms with Gasteiger partial charge in [-0.1, -0.05) is 29.8 Å². The van der Waals surface area contributed by atoms with Gasteiger partial charge in [0.15, 0.2) is 0 Å². The zero-order chi connectivity index (χ0) is 9.68. The molecule has 0 saturated heterocycles. The molecule has 0 spiro atoms. The second kappa shape index (κ2) is 4.77. The SMILES string of the molecule is O=[C]CC=Cc1ccc(Cl)c(F)c1. The Morgan fingerprint density at radius 2 is 2.31 bits per heavy atom. The van der Waals surface area contributed by atoms with Gasteiger partial charge in [0.1, 0.15) is 5.82 Å². The second-order valence-corrected chi connectivity index (χ2v) is 2.83. The van der Waals surface area contributed by atoms with E-state index < -0.39 is 5.82 Å². The van der Waals surface area contributed by atoms with Crippen LogP contribution < -0.4 is 0 Å². The molecule has 0 N–H and O–H groups in total. The number of allylic oxidation sites excluding steroid dienone is 1. The minimum atomic E-state index is -0.459. The van der Waals surface area contributed by atoms with Gasteiger partial charge in [0.05, 0.1) is 5.02 Å². The van der Waals surface area contributed by atoms with Crippen LogP contribution in [0.3, 0.4) is 0 Å². The minimum absolute atomic E-state index is 0.0964. The molecule has 0 aliphatic carbocycles. The topological polar surface area (TPSA) is 17.1 Å². The highest BCUT2D eigenvalue weighted by Gasteiger charge is 1.97. The molecule has 3 heteroatoms. The quantitative estimate of drug-likeness (QED) is 0.728. The number of rotatable bonds is 3. The van der Waals surface area contributed by atoms with Crippen LogP contribution in [0.25, 0.3) is 6.08 Å². The Bertz CT molecular complexity index is 334. The van der Waals surface area contributed by atoms with Crippen molar-refractivity contribution in [3.63, 3.8) is 0 Å². The molecule has 1 nitrogen and oxygen atoms in total. The van der Waals surface area contributed by atoms with Crippen molar-refractivity contribution in [3.8, 4) is 0 Å². The van der Waals surface area contributed by atoms with Gasteiger partial charge in [-0.05, 0) is 17.7 Å². The fourth-order valence-electron chi connectivity index (χ4n) is 0.859. The summed E-state index contributed by atoms with van der Waals surface area (Å²) in [6.45, 7) is 0. The summed E-state index contributed by atoms with van der Waals surface area (Å²) >= 11 is 5.48. The Labute approximate surface area is 80.8 Å². The second-order valence-electron chi connectivity index (χ2n) is 2.42. The first-order chi connectivity index (χ1) is 6.24. The standard InChI is InChI=1S/C10H7ClFO/c11-9-5-4-8(7-10(9)12)3-1-2-6-13/h1,3-5,7H,2H2. The minimum Gasteiger partial charge on any atom is -0.291 e. The largest absolute Gasteiger partial charge is 0.291 e. The number of carbonyl (C=O) groups excluding carboxylic acids is 1. The molecule has 0 bridgehead atoms. The summed E-state index contributed by atoms with van der Waals surface area (Å²) in [5.41, 5.74) is 0.678. The van der Waals surface area contributed by atoms with Gasteiger partial charge >= 0.3 is 0 Å². The summed E-state index contributed by atoms with van der Waals surface area (Å²) in [7, 11) is 0. The summed E-state index contributed by atoms with van der Waals surface area (Å²) in [4.78, 5) is 9.84. The molecule has 0 unspecified atom stereocenters. The Balaban J connectivity index is 2.79. The zero-order valence-electron chi connectivity index (χ0n) is 6.76. The van der Waals surface area contributed by atoms with Crippen molar-refractivity contribution in [2.75, 3.05) is 0 Å². The van der Waals surface area contributed by atoms with Gasteiger partial charge in [-0.2, -0.15) is 0 Å². The lowest BCUT2D eigenvalue weighted by molar-refractivity contribution is 0.556. The predicted molar refractivity (Wildman–Crippen MR) is 50.8 cm³/mol. The first-order valence-corrected chi connectivity index (χ1v) is 4.08. The van der Waals surface area contributed by atoms with Gasteiger partial charge in [-0.25, -0.2) is 4.39 Å². The van der Waals surface area contributed by atoms with Crippen molar-refractivity contribution in [2.24, 2.45) is 0 Å². The van der Waals surface area contributed by atoms with Crippen molar-refractivity contribution >= 4 is 24.0 Å². The van der Waals surface area contributed by atoms with Gasteiger partial charge in [0, 0.05) is 6.42 Å². The van der Waals surface area contributed by atoms with Crippen LogP contribution >= 0.6 is 11.6 Å². The molecule has 0 atom stereocenters. The summed E-state index contributed by atoms with van der Waals surface area (Å²) in [6.07, 6.45) is 5.17. The molecular formula is C10H7ClFO. The molecule has 0 aliphatic heterocycles.